The summed E-state index contributed by atoms with van der Waals surface area (Å²) in [6.07, 6.45) is 6.81. The molecule has 0 spiro atoms. The van der Waals surface area contributed by atoms with Crippen molar-refractivity contribution in [3.63, 3.8) is 0 Å². The molecule has 2 amide bonds. The molecule has 160 valence electrons. The van der Waals surface area contributed by atoms with Gasteiger partial charge in [0.25, 0.3) is 5.91 Å². The van der Waals surface area contributed by atoms with E-state index >= 15 is 0 Å². The molecule has 2 fully saturated rings. The van der Waals surface area contributed by atoms with Gasteiger partial charge >= 0.3 is 0 Å². The van der Waals surface area contributed by atoms with Crippen molar-refractivity contribution in [1.82, 2.24) is 24.7 Å². The van der Waals surface area contributed by atoms with E-state index in [1.165, 1.54) is 12.8 Å². The first-order valence-corrected chi connectivity index (χ1v) is 11.4. The molecule has 0 radical (unpaired) electrons. The van der Waals surface area contributed by atoms with Crippen LogP contribution >= 0.6 is 0 Å². The molecular weight excluding hydrogens is 378 g/mol. The Morgan fingerprint density at radius 1 is 1.13 bits per heavy atom. The molecule has 2 aromatic rings. The van der Waals surface area contributed by atoms with Crippen molar-refractivity contribution >= 4 is 22.8 Å². The minimum atomic E-state index is -0.921. The summed E-state index contributed by atoms with van der Waals surface area (Å²) in [5.74, 6) is 0.275. The quantitative estimate of drug-likeness (QED) is 0.823. The van der Waals surface area contributed by atoms with E-state index < -0.39 is 5.54 Å². The molecule has 3 heterocycles. The van der Waals surface area contributed by atoms with Gasteiger partial charge in [-0.3, -0.25) is 9.59 Å². The lowest BCUT2D eigenvalue weighted by molar-refractivity contribution is -0.133. The third kappa shape index (κ3) is 3.29. The Hall–Kier alpha value is -2.41. The van der Waals surface area contributed by atoms with Crippen LogP contribution in [-0.4, -0.2) is 68.9 Å². The summed E-state index contributed by atoms with van der Waals surface area (Å²) in [4.78, 5) is 35.9. The predicted octanol–water partition coefficient (Wildman–Crippen LogP) is 2.41. The van der Waals surface area contributed by atoms with Crippen molar-refractivity contribution in [2.75, 3.05) is 26.2 Å². The highest BCUT2D eigenvalue weighted by Gasteiger charge is 2.48. The van der Waals surface area contributed by atoms with Crippen molar-refractivity contribution in [2.24, 2.45) is 0 Å². The molecule has 1 aromatic heterocycles. The molecule has 7 nitrogen and oxygen atoms in total. The third-order valence-corrected chi connectivity index (χ3v) is 7.17. The molecule has 7 heteroatoms. The minimum absolute atomic E-state index is 0.0346. The Morgan fingerprint density at radius 2 is 1.87 bits per heavy atom. The second kappa shape index (κ2) is 7.69. The van der Waals surface area contributed by atoms with Gasteiger partial charge in [-0.05, 0) is 57.8 Å². The second-order valence-corrected chi connectivity index (χ2v) is 9.24. The Bertz CT molecular complexity index is 958. The number of likely N-dealkylation sites (tertiary alicyclic amines) is 1. The van der Waals surface area contributed by atoms with E-state index in [1.54, 1.807) is 4.90 Å². The van der Waals surface area contributed by atoms with Crippen LogP contribution in [0.2, 0.25) is 0 Å². The molecular formula is C23H31N5O2. The molecule has 5 rings (SSSR count). The molecule has 3 aliphatic rings. The monoisotopic (exact) mass is 409 g/mol. The maximum Gasteiger partial charge on any atom is 0.290 e. The summed E-state index contributed by atoms with van der Waals surface area (Å²) in [6.45, 7) is 5.87. The van der Waals surface area contributed by atoms with Gasteiger partial charge in [-0.2, -0.15) is 0 Å². The maximum atomic E-state index is 13.6. The molecule has 30 heavy (non-hydrogen) atoms. The van der Waals surface area contributed by atoms with Crippen LogP contribution in [0.15, 0.2) is 24.3 Å². The fraction of sp³-hybridized carbons (Fsp3) is 0.609. The number of hydrogen-bond acceptors (Lipinski definition) is 4. The second-order valence-electron chi connectivity index (χ2n) is 9.24. The molecule has 0 bridgehead atoms. The number of nitrogens with one attached hydrogen (secondary N) is 1. The normalized spacial score (nSPS) is 25.2. The molecule has 1 unspecified atom stereocenters. The van der Waals surface area contributed by atoms with Gasteiger partial charge in [0.05, 0.1) is 17.6 Å². The maximum absolute atomic E-state index is 13.6. The van der Waals surface area contributed by atoms with Crippen LogP contribution in [-0.2, 0) is 11.3 Å². The van der Waals surface area contributed by atoms with E-state index in [9.17, 15) is 9.59 Å². The Kier molecular flexibility index (Phi) is 5.01. The fourth-order valence-corrected chi connectivity index (χ4v) is 5.34. The number of carbonyl (C=O) groups is 2. The van der Waals surface area contributed by atoms with Crippen LogP contribution in [0, 0.1) is 0 Å². The number of para-hydroxylation sites is 2. The highest BCUT2D eigenvalue weighted by Crippen LogP contribution is 2.31. The van der Waals surface area contributed by atoms with Crippen LogP contribution in [0.25, 0.3) is 11.0 Å². The molecule has 1 aliphatic carbocycles. The third-order valence-electron chi connectivity index (χ3n) is 7.17. The molecule has 1 N–H and O–H groups in total. The zero-order valence-electron chi connectivity index (χ0n) is 17.8. The summed E-state index contributed by atoms with van der Waals surface area (Å²) in [6, 6.07) is 8.03. The largest absolute Gasteiger partial charge is 0.351 e. The van der Waals surface area contributed by atoms with Crippen LogP contribution in [0.5, 0.6) is 0 Å². The number of nitrogens with zero attached hydrogens (tertiary/aromatic N) is 4. The van der Waals surface area contributed by atoms with Crippen LogP contribution < -0.4 is 5.32 Å². The lowest BCUT2D eigenvalue weighted by Crippen LogP contribution is -2.65. The Labute approximate surface area is 177 Å². The molecule has 2 aliphatic heterocycles. The number of aromatic nitrogens is 2. The van der Waals surface area contributed by atoms with Gasteiger partial charge in [-0.1, -0.05) is 25.0 Å². The highest BCUT2D eigenvalue weighted by molar-refractivity contribution is 6.01. The number of amides is 2. The number of hydrogen-bond donors (Lipinski definition) is 1. The number of benzene rings is 1. The lowest BCUT2D eigenvalue weighted by atomic mass is 9.94. The van der Waals surface area contributed by atoms with Gasteiger partial charge in [0.2, 0.25) is 5.91 Å². The summed E-state index contributed by atoms with van der Waals surface area (Å²) in [5, 5.41) is 3.26. The zero-order chi connectivity index (χ0) is 20.7. The van der Waals surface area contributed by atoms with Crippen molar-refractivity contribution in [3.8, 4) is 0 Å². The standard InChI is InChI=1S/C23H31N5O2/c1-23(22(30)24-17-8-2-3-9-17)16-27-19-11-5-4-10-18(19)25-20(27)21(29)28(23)15-14-26-12-6-7-13-26/h4-5,10-11,17H,2-3,6-9,12-16H2,1H3,(H,24,30). The summed E-state index contributed by atoms with van der Waals surface area (Å²) < 4.78 is 1.94. The van der Waals surface area contributed by atoms with E-state index in [-0.39, 0.29) is 17.9 Å². The van der Waals surface area contributed by atoms with Crippen molar-refractivity contribution in [1.29, 1.82) is 0 Å². The summed E-state index contributed by atoms with van der Waals surface area (Å²) in [5.41, 5.74) is 0.802. The van der Waals surface area contributed by atoms with E-state index in [0.29, 0.717) is 18.9 Å². The van der Waals surface area contributed by atoms with Gasteiger partial charge in [-0.15, -0.1) is 0 Å². The van der Waals surface area contributed by atoms with Gasteiger partial charge in [0, 0.05) is 19.1 Å². The average molecular weight is 410 g/mol. The smallest absolute Gasteiger partial charge is 0.290 e. The van der Waals surface area contributed by atoms with Gasteiger partial charge < -0.3 is 19.7 Å². The highest BCUT2D eigenvalue weighted by atomic mass is 16.2. The number of rotatable bonds is 5. The van der Waals surface area contributed by atoms with Crippen LogP contribution in [0.1, 0.15) is 56.1 Å². The topological polar surface area (TPSA) is 70.5 Å². The van der Waals surface area contributed by atoms with Crippen molar-refractivity contribution < 1.29 is 9.59 Å². The Morgan fingerprint density at radius 3 is 2.63 bits per heavy atom. The first kappa shape index (κ1) is 19.5. The first-order valence-electron chi connectivity index (χ1n) is 11.4. The molecule has 1 aromatic carbocycles. The summed E-state index contributed by atoms with van der Waals surface area (Å²) >= 11 is 0. The fourth-order valence-electron chi connectivity index (χ4n) is 5.34. The number of imidazole rings is 1. The molecule has 1 atom stereocenters. The van der Waals surface area contributed by atoms with Gasteiger partial charge in [-0.25, -0.2) is 4.98 Å². The summed E-state index contributed by atoms with van der Waals surface area (Å²) in [7, 11) is 0. The lowest BCUT2D eigenvalue weighted by Gasteiger charge is -2.44. The SMILES string of the molecule is CC1(C(=O)NC2CCCC2)Cn2c(nc3ccccc32)C(=O)N1CCN1CCCC1. The van der Waals surface area contributed by atoms with E-state index in [1.807, 2.05) is 35.8 Å². The number of fused-ring (bicyclic) bond motifs is 3. The van der Waals surface area contributed by atoms with Crippen LogP contribution in [0.3, 0.4) is 0 Å². The predicted molar refractivity (Wildman–Crippen MR) is 115 cm³/mol. The minimum Gasteiger partial charge on any atom is -0.351 e. The van der Waals surface area contributed by atoms with E-state index in [2.05, 4.69) is 15.2 Å². The Balaban J connectivity index is 1.48. The van der Waals surface area contributed by atoms with E-state index in [4.69, 9.17) is 0 Å². The van der Waals surface area contributed by atoms with Gasteiger partial charge in [0.15, 0.2) is 5.82 Å². The number of carbonyl (C=O) groups excluding carboxylic acids is 2. The average Bonchev–Trinajstić information content (AvgIpc) is 3.49. The van der Waals surface area contributed by atoms with Crippen molar-refractivity contribution in [2.45, 2.75) is 63.6 Å². The van der Waals surface area contributed by atoms with Crippen molar-refractivity contribution in [3.05, 3.63) is 30.1 Å². The van der Waals surface area contributed by atoms with Gasteiger partial charge in [0.1, 0.15) is 5.54 Å². The van der Waals surface area contributed by atoms with Crippen LogP contribution in [0.4, 0.5) is 0 Å². The molecule has 1 saturated carbocycles. The molecule has 1 saturated heterocycles. The van der Waals surface area contributed by atoms with E-state index in [0.717, 1.165) is 56.4 Å². The zero-order valence-corrected chi connectivity index (χ0v) is 17.8. The first-order chi connectivity index (χ1) is 14.6.